The molecule has 0 radical (unpaired) electrons. The Bertz CT molecular complexity index is 347. The van der Waals surface area contributed by atoms with E-state index in [0.29, 0.717) is 13.0 Å². The quantitative estimate of drug-likeness (QED) is 0.609. The van der Waals surface area contributed by atoms with Crippen molar-refractivity contribution in [2.45, 2.75) is 20.3 Å². The van der Waals surface area contributed by atoms with E-state index >= 15 is 0 Å². The molecular formula is C12H17NO2. The minimum absolute atomic E-state index is 0.249. The fourth-order valence-corrected chi connectivity index (χ4v) is 1.17. The van der Waals surface area contributed by atoms with Crippen molar-refractivity contribution in [2.75, 3.05) is 13.7 Å². The van der Waals surface area contributed by atoms with Crippen molar-refractivity contribution in [3.05, 3.63) is 29.3 Å². The zero-order valence-electron chi connectivity index (χ0n) is 9.46. The van der Waals surface area contributed by atoms with Crippen LogP contribution in [0.25, 0.3) is 0 Å². The smallest absolute Gasteiger partial charge is 0.183 e. The van der Waals surface area contributed by atoms with E-state index in [0.717, 1.165) is 5.75 Å². The first-order chi connectivity index (χ1) is 7.13. The summed E-state index contributed by atoms with van der Waals surface area (Å²) in [6.07, 6.45) is 0.503. The lowest BCUT2D eigenvalue weighted by atomic mass is 10.1. The highest BCUT2D eigenvalue weighted by Crippen LogP contribution is 2.16. The fraction of sp³-hybridized carbons (Fsp3) is 0.417. The molecule has 0 aliphatic heterocycles. The fourth-order valence-electron chi connectivity index (χ4n) is 1.17. The molecule has 1 aromatic carbocycles. The van der Waals surface area contributed by atoms with Crippen molar-refractivity contribution in [1.82, 2.24) is 0 Å². The van der Waals surface area contributed by atoms with Gasteiger partial charge in [-0.3, -0.25) is 5.41 Å². The molecule has 0 atom stereocenters. The molecule has 0 heterocycles. The van der Waals surface area contributed by atoms with Crippen molar-refractivity contribution in [3.63, 3.8) is 0 Å². The first-order valence-electron chi connectivity index (χ1n) is 4.95. The molecule has 3 nitrogen and oxygen atoms in total. The molecule has 0 saturated carbocycles. The number of hydrogen-bond donors (Lipinski definition) is 1. The van der Waals surface area contributed by atoms with Gasteiger partial charge in [0.1, 0.15) is 5.75 Å². The number of aryl methyl sites for hydroxylation is 2. The van der Waals surface area contributed by atoms with Crippen LogP contribution in [0.4, 0.5) is 0 Å². The highest BCUT2D eigenvalue weighted by atomic mass is 16.5. The Morgan fingerprint density at radius 1 is 1.27 bits per heavy atom. The van der Waals surface area contributed by atoms with Crippen LogP contribution in [-0.2, 0) is 4.74 Å². The van der Waals surface area contributed by atoms with E-state index < -0.39 is 0 Å². The van der Waals surface area contributed by atoms with Crippen molar-refractivity contribution in [3.8, 4) is 5.75 Å². The third kappa shape index (κ3) is 3.62. The third-order valence-electron chi connectivity index (χ3n) is 2.32. The van der Waals surface area contributed by atoms with Crippen molar-refractivity contribution >= 4 is 5.90 Å². The second-order valence-corrected chi connectivity index (χ2v) is 3.47. The summed E-state index contributed by atoms with van der Waals surface area (Å²) in [5, 5.41) is 7.28. The van der Waals surface area contributed by atoms with Gasteiger partial charge in [-0.1, -0.05) is 6.07 Å². The van der Waals surface area contributed by atoms with Gasteiger partial charge in [0.05, 0.1) is 20.1 Å². The normalized spacial score (nSPS) is 9.80. The van der Waals surface area contributed by atoms with E-state index in [2.05, 4.69) is 13.8 Å². The number of benzene rings is 1. The predicted octanol–water partition coefficient (Wildman–Crippen LogP) is 2.70. The van der Waals surface area contributed by atoms with Gasteiger partial charge < -0.3 is 9.47 Å². The molecule has 0 aliphatic carbocycles. The van der Waals surface area contributed by atoms with Crippen molar-refractivity contribution < 1.29 is 9.47 Å². The maximum absolute atomic E-state index is 7.28. The average Bonchev–Trinajstić information content (AvgIpc) is 2.23. The third-order valence-corrected chi connectivity index (χ3v) is 2.32. The summed E-state index contributed by atoms with van der Waals surface area (Å²) in [4.78, 5) is 0. The van der Waals surface area contributed by atoms with E-state index in [9.17, 15) is 0 Å². The summed E-state index contributed by atoms with van der Waals surface area (Å²) in [5.41, 5.74) is 2.47. The van der Waals surface area contributed by atoms with Gasteiger partial charge in [-0.25, -0.2) is 0 Å². The number of methoxy groups -OCH3 is 1. The maximum Gasteiger partial charge on any atom is 0.183 e. The molecule has 15 heavy (non-hydrogen) atoms. The van der Waals surface area contributed by atoms with Crippen molar-refractivity contribution in [2.24, 2.45) is 0 Å². The van der Waals surface area contributed by atoms with Crippen LogP contribution < -0.4 is 4.74 Å². The maximum atomic E-state index is 7.28. The van der Waals surface area contributed by atoms with E-state index in [1.807, 2.05) is 18.2 Å². The Labute approximate surface area is 90.5 Å². The number of rotatable bonds is 4. The zero-order valence-corrected chi connectivity index (χ0v) is 9.46. The molecule has 0 bridgehead atoms. The number of nitrogens with one attached hydrogen (secondary N) is 1. The standard InChI is InChI=1S/C12H17NO2/c1-9-4-5-11(8-10(9)2)15-7-6-12(13)14-3/h4-5,8,13H,6-7H2,1-3H3. The summed E-state index contributed by atoms with van der Waals surface area (Å²) >= 11 is 0. The SMILES string of the molecule is COC(=N)CCOc1ccc(C)c(C)c1. The molecule has 0 fully saturated rings. The van der Waals surface area contributed by atoms with Gasteiger partial charge in [0.15, 0.2) is 5.90 Å². The Balaban J connectivity index is 2.44. The molecule has 0 aromatic heterocycles. The summed E-state index contributed by atoms with van der Waals surface area (Å²) in [6.45, 7) is 4.61. The van der Waals surface area contributed by atoms with Crippen LogP contribution in [0.3, 0.4) is 0 Å². The average molecular weight is 207 g/mol. The van der Waals surface area contributed by atoms with Crippen LogP contribution in [0.15, 0.2) is 18.2 Å². The molecule has 1 rings (SSSR count). The molecule has 0 spiro atoms. The van der Waals surface area contributed by atoms with Crippen LogP contribution in [-0.4, -0.2) is 19.6 Å². The second kappa shape index (κ2) is 5.39. The molecule has 1 aromatic rings. The monoisotopic (exact) mass is 207 g/mol. The van der Waals surface area contributed by atoms with E-state index in [1.165, 1.54) is 18.2 Å². The van der Waals surface area contributed by atoms with Gasteiger partial charge in [0, 0.05) is 0 Å². The van der Waals surface area contributed by atoms with Crippen LogP contribution in [0.1, 0.15) is 17.5 Å². The molecule has 0 unspecified atom stereocenters. The summed E-state index contributed by atoms with van der Waals surface area (Å²) in [7, 11) is 1.50. The topological polar surface area (TPSA) is 42.3 Å². The number of ether oxygens (including phenoxy) is 2. The zero-order chi connectivity index (χ0) is 11.3. The van der Waals surface area contributed by atoms with Gasteiger partial charge in [-0.2, -0.15) is 0 Å². The van der Waals surface area contributed by atoms with Crippen molar-refractivity contribution in [1.29, 1.82) is 5.41 Å². The Hall–Kier alpha value is -1.51. The minimum atomic E-state index is 0.249. The lowest BCUT2D eigenvalue weighted by Gasteiger charge is -2.08. The highest BCUT2D eigenvalue weighted by molar-refractivity contribution is 5.72. The van der Waals surface area contributed by atoms with Crippen LogP contribution in [0.2, 0.25) is 0 Å². The predicted molar refractivity (Wildman–Crippen MR) is 60.8 cm³/mol. The summed E-state index contributed by atoms with van der Waals surface area (Å²) in [6, 6.07) is 5.98. The summed E-state index contributed by atoms with van der Waals surface area (Å²) < 4.78 is 10.2. The van der Waals surface area contributed by atoms with Gasteiger partial charge in [0.25, 0.3) is 0 Å². The minimum Gasteiger partial charge on any atom is -0.493 e. The van der Waals surface area contributed by atoms with Crippen LogP contribution in [0, 0.1) is 19.3 Å². The molecular weight excluding hydrogens is 190 g/mol. The number of hydrogen-bond acceptors (Lipinski definition) is 3. The van der Waals surface area contributed by atoms with Crippen LogP contribution in [0.5, 0.6) is 5.75 Å². The van der Waals surface area contributed by atoms with E-state index in [4.69, 9.17) is 14.9 Å². The lowest BCUT2D eigenvalue weighted by Crippen LogP contribution is -2.06. The van der Waals surface area contributed by atoms with E-state index in [1.54, 1.807) is 0 Å². The first kappa shape index (κ1) is 11.6. The summed E-state index contributed by atoms with van der Waals surface area (Å²) in [5.74, 6) is 1.10. The molecule has 0 amide bonds. The largest absolute Gasteiger partial charge is 0.493 e. The molecule has 3 heteroatoms. The van der Waals surface area contributed by atoms with Gasteiger partial charge in [-0.05, 0) is 37.1 Å². The Morgan fingerprint density at radius 3 is 2.60 bits per heavy atom. The van der Waals surface area contributed by atoms with Gasteiger partial charge in [-0.15, -0.1) is 0 Å². The molecule has 1 N–H and O–H groups in total. The van der Waals surface area contributed by atoms with Gasteiger partial charge >= 0.3 is 0 Å². The highest BCUT2D eigenvalue weighted by Gasteiger charge is 1.99. The molecule has 0 saturated heterocycles. The Kier molecular flexibility index (Phi) is 4.16. The first-order valence-corrected chi connectivity index (χ1v) is 4.95. The molecule has 82 valence electrons. The lowest BCUT2D eigenvalue weighted by molar-refractivity contribution is 0.307. The Morgan fingerprint density at radius 2 is 2.00 bits per heavy atom. The van der Waals surface area contributed by atoms with E-state index in [-0.39, 0.29) is 5.90 Å². The van der Waals surface area contributed by atoms with Crippen LogP contribution >= 0.6 is 0 Å². The molecule has 0 aliphatic rings. The van der Waals surface area contributed by atoms with Gasteiger partial charge in [0.2, 0.25) is 0 Å². The second-order valence-electron chi connectivity index (χ2n) is 3.47.